The Kier molecular flexibility index (Phi) is 3.38. The van der Waals surface area contributed by atoms with Gasteiger partial charge in [-0.15, -0.1) is 0 Å². The first-order valence-electron chi connectivity index (χ1n) is 5.85. The minimum absolute atomic E-state index is 0.637. The summed E-state index contributed by atoms with van der Waals surface area (Å²) in [7, 11) is 1.87. The quantitative estimate of drug-likeness (QED) is 0.823. The smallest absolute Gasteiger partial charge is 0.324 e. The first-order chi connectivity index (χ1) is 8.15. The highest BCUT2D eigenvalue weighted by molar-refractivity contribution is 5.80. The van der Waals surface area contributed by atoms with Crippen LogP contribution in [0.5, 0.6) is 0 Å². The summed E-state index contributed by atoms with van der Waals surface area (Å²) in [6, 6.07) is 0. The zero-order valence-corrected chi connectivity index (χ0v) is 9.96. The van der Waals surface area contributed by atoms with Crippen molar-refractivity contribution < 1.29 is 9.90 Å². The third-order valence-electron chi connectivity index (χ3n) is 3.63. The summed E-state index contributed by atoms with van der Waals surface area (Å²) in [6.07, 6.45) is 8.08. The van der Waals surface area contributed by atoms with E-state index in [-0.39, 0.29) is 0 Å². The van der Waals surface area contributed by atoms with Crippen molar-refractivity contribution in [3.63, 3.8) is 0 Å². The highest BCUT2D eigenvalue weighted by atomic mass is 16.4. The number of nitrogens with zero attached hydrogens (tertiary/aromatic N) is 3. The molecule has 0 radical (unpaired) electrons. The number of likely N-dealkylation sites (tertiary alicyclic amines) is 1. The molecule has 0 aromatic carbocycles. The number of carbonyl (C=O) groups is 1. The van der Waals surface area contributed by atoms with Gasteiger partial charge >= 0.3 is 5.97 Å². The Morgan fingerprint density at radius 2 is 2.41 bits per heavy atom. The van der Waals surface area contributed by atoms with Crippen molar-refractivity contribution in [1.82, 2.24) is 14.9 Å². The maximum absolute atomic E-state index is 11.3. The van der Waals surface area contributed by atoms with E-state index in [9.17, 15) is 9.90 Å². The lowest BCUT2D eigenvalue weighted by Gasteiger charge is -2.47. The lowest BCUT2D eigenvalue weighted by Crippen LogP contribution is -2.62. The molecule has 1 aromatic rings. The van der Waals surface area contributed by atoms with E-state index in [1.807, 2.05) is 11.9 Å². The fourth-order valence-corrected chi connectivity index (χ4v) is 2.32. The second kappa shape index (κ2) is 4.79. The summed E-state index contributed by atoms with van der Waals surface area (Å²) < 4.78 is 0. The van der Waals surface area contributed by atoms with Crippen molar-refractivity contribution in [2.45, 2.75) is 31.2 Å². The number of hydrogen-bond acceptors (Lipinski definition) is 4. The van der Waals surface area contributed by atoms with Gasteiger partial charge in [0.05, 0.1) is 5.69 Å². The number of carboxylic acid groups (broad SMARTS) is 1. The molecule has 0 bridgehead atoms. The number of aromatic nitrogens is 2. The molecule has 1 fully saturated rings. The van der Waals surface area contributed by atoms with E-state index in [0.717, 1.165) is 31.5 Å². The standard InChI is InChI=1S/C12H17N3O2/c1-15-8-5-12(15,11(16)17)4-2-3-10-9-13-6-7-14-10/h6-7,9H,2-5,8H2,1H3,(H,16,17). The SMILES string of the molecule is CN1CCC1(CCCc1cnccn1)C(=O)O. The van der Waals surface area contributed by atoms with Crippen LogP contribution in [-0.2, 0) is 11.2 Å². The summed E-state index contributed by atoms with van der Waals surface area (Å²) >= 11 is 0. The molecule has 0 aliphatic carbocycles. The Morgan fingerprint density at radius 3 is 2.88 bits per heavy atom. The maximum Gasteiger partial charge on any atom is 0.324 e. The molecular weight excluding hydrogens is 218 g/mol. The van der Waals surface area contributed by atoms with Gasteiger partial charge in [0, 0.05) is 25.1 Å². The van der Waals surface area contributed by atoms with Crippen LogP contribution < -0.4 is 0 Å². The molecule has 0 spiro atoms. The Bertz CT molecular complexity index is 396. The van der Waals surface area contributed by atoms with E-state index in [0.29, 0.717) is 6.42 Å². The monoisotopic (exact) mass is 235 g/mol. The van der Waals surface area contributed by atoms with Crippen molar-refractivity contribution in [3.8, 4) is 0 Å². The number of likely N-dealkylation sites (N-methyl/N-ethyl adjacent to an activating group) is 1. The largest absolute Gasteiger partial charge is 0.480 e. The van der Waals surface area contributed by atoms with Crippen LogP contribution in [-0.4, -0.2) is 45.1 Å². The van der Waals surface area contributed by atoms with Gasteiger partial charge in [0.25, 0.3) is 0 Å². The molecule has 2 heterocycles. The maximum atomic E-state index is 11.3. The number of aryl methyl sites for hydroxylation is 1. The normalized spacial score (nSPS) is 24.3. The molecule has 1 N–H and O–H groups in total. The van der Waals surface area contributed by atoms with Crippen LogP contribution >= 0.6 is 0 Å². The summed E-state index contributed by atoms with van der Waals surface area (Å²) in [4.78, 5) is 21.4. The second-order valence-corrected chi connectivity index (χ2v) is 4.56. The van der Waals surface area contributed by atoms with E-state index in [1.165, 1.54) is 0 Å². The molecule has 0 saturated carbocycles. The molecule has 2 rings (SSSR count). The van der Waals surface area contributed by atoms with Gasteiger partial charge in [0.1, 0.15) is 5.54 Å². The van der Waals surface area contributed by atoms with Crippen LogP contribution in [0.2, 0.25) is 0 Å². The molecule has 1 unspecified atom stereocenters. The van der Waals surface area contributed by atoms with Gasteiger partial charge in [0.2, 0.25) is 0 Å². The molecule has 1 saturated heterocycles. The van der Waals surface area contributed by atoms with Gasteiger partial charge < -0.3 is 5.11 Å². The first kappa shape index (κ1) is 12.0. The summed E-state index contributed by atoms with van der Waals surface area (Å²) in [5.74, 6) is -0.703. The van der Waals surface area contributed by atoms with Crippen LogP contribution in [0.15, 0.2) is 18.6 Å². The number of rotatable bonds is 5. The molecule has 1 atom stereocenters. The Morgan fingerprint density at radius 1 is 1.59 bits per heavy atom. The van der Waals surface area contributed by atoms with Gasteiger partial charge in [-0.05, 0) is 32.7 Å². The van der Waals surface area contributed by atoms with Gasteiger partial charge in [-0.25, -0.2) is 0 Å². The van der Waals surface area contributed by atoms with Crippen molar-refractivity contribution in [2.75, 3.05) is 13.6 Å². The van der Waals surface area contributed by atoms with E-state index in [1.54, 1.807) is 18.6 Å². The van der Waals surface area contributed by atoms with Gasteiger partial charge in [-0.2, -0.15) is 0 Å². The minimum atomic E-state index is -0.703. The summed E-state index contributed by atoms with van der Waals surface area (Å²) in [5.41, 5.74) is 0.289. The Balaban J connectivity index is 1.87. The van der Waals surface area contributed by atoms with Crippen molar-refractivity contribution >= 4 is 5.97 Å². The van der Waals surface area contributed by atoms with E-state index in [2.05, 4.69) is 9.97 Å². The third-order valence-corrected chi connectivity index (χ3v) is 3.63. The van der Waals surface area contributed by atoms with Crippen molar-refractivity contribution in [3.05, 3.63) is 24.3 Å². The molecular formula is C12H17N3O2. The predicted molar refractivity (Wildman–Crippen MR) is 62.6 cm³/mol. The lowest BCUT2D eigenvalue weighted by atomic mass is 9.80. The summed E-state index contributed by atoms with van der Waals surface area (Å²) in [6.45, 7) is 0.872. The van der Waals surface area contributed by atoms with E-state index < -0.39 is 11.5 Å². The van der Waals surface area contributed by atoms with Crippen molar-refractivity contribution in [2.24, 2.45) is 0 Å². The van der Waals surface area contributed by atoms with E-state index >= 15 is 0 Å². The third kappa shape index (κ3) is 2.29. The number of carboxylic acids is 1. The van der Waals surface area contributed by atoms with Crippen LogP contribution in [0.3, 0.4) is 0 Å². The van der Waals surface area contributed by atoms with Crippen LogP contribution in [0.1, 0.15) is 25.0 Å². The molecule has 5 nitrogen and oxygen atoms in total. The molecule has 17 heavy (non-hydrogen) atoms. The second-order valence-electron chi connectivity index (χ2n) is 4.56. The predicted octanol–water partition coefficient (Wildman–Crippen LogP) is 0.958. The zero-order chi connectivity index (χ0) is 12.3. The molecule has 92 valence electrons. The van der Waals surface area contributed by atoms with Crippen LogP contribution in [0.4, 0.5) is 0 Å². The van der Waals surface area contributed by atoms with Crippen LogP contribution in [0.25, 0.3) is 0 Å². The van der Waals surface area contributed by atoms with Gasteiger partial charge in [-0.1, -0.05) is 0 Å². The van der Waals surface area contributed by atoms with E-state index in [4.69, 9.17) is 0 Å². The number of hydrogen-bond donors (Lipinski definition) is 1. The van der Waals surface area contributed by atoms with Crippen molar-refractivity contribution in [1.29, 1.82) is 0 Å². The first-order valence-corrected chi connectivity index (χ1v) is 5.85. The fraction of sp³-hybridized carbons (Fsp3) is 0.583. The molecule has 0 amide bonds. The highest BCUT2D eigenvalue weighted by Crippen LogP contribution is 2.34. The molecule has 1 aliphatic rings. The molecule has 5 heteroatoms. The Hall–Kier alpha value is -1.49. The lowest BCUT2D eigenvalue weighted by molar-refractivity contribution is -0.160. The van der Waals surface area contributed by atoms with Gasteiger partial charge in [-0.3, -0.25) is 19.7 Å². The Labute approximate surface area is 100 Å². The minimum Gasteiger partial charge on any atom is -0.480 e. The van der Waals surface area contributed by atoms with Gasteiger partial charge in [0.15, 0.2) is 0 Å². The molecule has 1 aromatic heterocycles. The van der Waals surface area contributed by atoms with Crippen LogP contribution in [0, 0.1) is 0 Å². The highest BCUT2D eigenvalue weighted by Gasteiger charge is 2.48. The zero-order valence-electron chi connectivity index (χ0n) is 9.96. The topological polar surface area (TPSA) is 66.3 Å². The molecule has 1 aliphatic heterocycles. The average Bonchev–Trinajstić information content (AvgIpc) is 2.33. The fourth-order valence-electron chi connectivity index (χ4n) is 2.32. The average molecular weight is 235 g/mol. The number of aliphatic carboxylic acids is 1. The summed E-state index contributed by atoms with van der Waals surface area (Å²) in [5, 5.41) is 9.28.